The van der Waals surface area contributed by atoms with E-state index in [-0.39, 0.29) is 6.54 Å². The minimum Gasteiger partial charge on any atom is -0.453 e. The van der Waals surface area contributed by atoms with Gasteiger partial charge in [-0.05, 0) is 5.56 Å². The summed E-state index contributed by atoms with van der Waals surface area (Å²) in [6.07, 6.45) is 4.77. The Labute approximate surface area is 89.7 Å². The van der Waals surface area contributed by atoms with Gasteiger partial charge >= 0.3 is 6.09 Å². The molecular formula is C12H13NO2. The van der Waals surface area contributed by atoms with E-state index in [9.17, 15) is 4.79 Å². The molecule has 3 nitrogen and oxygen atoms in total. The fourth-order valence-electron chi connectivity index (χ4n) is 1.23. The average Bonchev–Trinajstić information content (AvgIpc) is 2.29. The van der Waals surface area contributed by atoms with Crippen LogP contribution in [0.25, 0.3) is 0 Å². The molecule has 0 spiro atoms. The van der Waals surface area contributed by atoms with Crippen LogP contribution >= 0.6 is 0 Å². The summed E-state index contributed by atoms with van der Waals surface area (Å²) in [7, 11) is 1.34. The van der Waals surface area contributed by atoms with Gasteiger partial charge in [0.05, 0.1) is 13.7 Å². The smallest absolute Gasteiger partial charge is 0.410 e. The number of terminal acetylenes is 1. The number of hydrogen-bond donors (Lipinski definition) is 0. The van der Waals surface area contributed by atoms with Crippen molar-refractivity contribution in [1.29, 1.82) is 0 Å². The van der Waals surface area contributed by atoms with Crippen molar-refractivity contribution in [2.75, 3.05) is 13.7 Å². The molecule has 15 heavy (non-hydrogen) atoms. The van der Waals surface area contributed by atoms with Crippen molar-refractivity contribution < 1.29 is 9.53 Å². The molecule has 0 saturated carbocycles. The van der Waals surface area contributed by atoms with Gasteiger partial charge in [0.25, 0.3) is 0 Å². The van der Waals surface area contributed by atoms with E-state index in [2.05, 4.69) is 10.7 Å². The third-order valence-electron chi connectivity index (χ3n) is 1.93. The zero-order valence-electron chi connectivity index (χ0n) is 8.64. The summed E-state index contributed by atoms with van der Waals surface area (Å²) < 4.78 is 4.63. The fourth-order valence-corrected chi connectivity index (χ4v) is 1.23. The molecule has 1 rings (SSSR count). The molecule has 0 fully saturated rings. The van der Waals surface area contributed by atoms with Crippen LogP contribution in [0.1, 0.15) is 5.56 Å². The van der Waals surface area contributed by atoms with E-state index in [4.69, 9.17) is 6.42 Å². The van der Waals surface area contributed by atoms with Gasteiger partial charge in [-0.2, -0.15) is 0 Å². The van der Waals surface area contributed by atoms with Crippen molar-refractivity contribution in [3.05, 3.63) is 35.9 Å². The highest BCUT2D eigenvalue weighted by atomic mass is 16.5. The number of benzene rings is 1. The molecule has 0 aromatic heterocycles. The van der Waals surface area contributed by atoms with Crippen LogP contribution in [0.15, 0.2) is 30.3 Å². The largest absolute Gasteiger partial charge is 0.453 e. The van der Waals surface area contributed by atoms with Gasteiger partial charge in [-0.1, -0.05) is 36.3 Å². The highest BCUT2D eigenvalue weighted by Crippen LogP contribution is 2.05. The minimum absolute atomic E-state index is 0.252. The van der Waals surface area contributed by atoms with E-state index in [1.807, 2.05) is 30.3 Å². The lowest BCUT2D eigenvalue weighted by Gasteiger charge is -2.18. The lowest BCUT2D eigenvalue weighted by molar-refractivity contribution is 0.126. The highest BCUT2D eigenvalue weighted by Gasteiger charge is 2.12. The first kappa shape index (κ1) is 11.1. The molecule has 1 aromatic carbocycles. The Kier molecular flexibility index (Phi) is 4.24. The molecule has 0 aliphatic rings. The molecule has 0 saturated heterocycles. The predicted molar refractivity (Wildman–Crippen MR) is 58.1 cm³/mol. The van der Waals surface area contributed by atoms with Crippen LogP contribution in [0.4, 0.5) is 4.79 Å². The number of ether oxygens (including phenoxy) is 1. The van der Waals surface area contributed by atoms with Crippen LogP contribution in [0.2, 0.25) is 0 Å². The van der Waals surface area contributed by atoms with Gasteiger partial charge in [0, 0.05) is 6.54 Å². The molecule has 0 radical (unpaired) electrons. The lowest BCUT2D eigenvalue weighted by Crippen LogP contribution is -2.30. The third-order valence-corrected chi connectivity index (χ3v) is 1.93. The molecule has 0 heterocycles. The maximum Gasteiger partial charge on any atom is 0.410 e. The molecule has 0 atom stereocenters. The first-order valence-corrected chi connectivity index (χ1v) is 4.58. The number of carbonyl (C=O) groups excluding carboxylic acids is 1. The molecular weight excluding hydrogens is 190 g/mol. The first-order valence-electron chi connectivity index (χ1n) is 4.58. The maximum atomic E-state index is 11.3. The van der Waals surface area contributed by atoms with Crippen molar-refractivity contribution in [1.82, 2.24) is 4.90 Å². The van der Waals surface area contributed by atoms with Gasteiger partial charge in [-0.3, -0.25) is 4.90 Å². The predicted octanol–water partition coefficient (Wildman–Crippen LogP) is 1.89. The van der Waals surface area contributed by atoms with Gasteiger partial charge in [-0.25, -0.2) is 4.79 Å². The number of rotatable bonds is 3. The zero-order chi connectivity index (χ0) is 11.1. The van der Waals surface area contributed by atoms with E-state index in [0.29, 0.717) is 6.54 Å². The van der Waals surface area contributed by atoms with Crippen LogP contribution in [-0.4, -0.2) is 24.6 Å². The standard InChI is InChI=1S/C12H13NO2/c1-3-9-13(12(14)15-2)10-11-7-5-4-6-8-11/h1,4-8H,9-10H2,2H3. The maximum absolute atomic E-state index is 11.3. The first-order chi connectivity index (χ1) is 7.27. The fraction of sp³-hybridized carbons (Fsp3) is 0.250. The van der Waals surface area contributed by atoms with Crippen LogP contribution in [0.5, 0.6) is 0 Å². The summed E-state index contributed by atoms with van der Waals surface area (Å²) in [5, 5.41) is 0. The Morgan fingerprint density at radius 2 is 2.13 bits per heavy atom. The van der Waals surface area contributed by atoms with Crippen LogP contribution in [-0.2, 0) is 11.3 Å². The summed E-state index contributed by atoms with van der Waals surface area (Å²) in [4.78, 5) is 12.8. The number of nitrogens with zero attached hydrogens (tertiary/aromatic N) is 1. The molecule has 0 unspecified atom stereocenters. The van der Waals surface area contributed by atoms with Crippen LogP contribution in [0, 0.1) is 12.3 Å². The monoisotopic (exact) mass is 203 g/mol. The molecule has 1 amide bonds. The van der Waals surface area contributed by atoms with Gasteiger partial charge in [0.15, 0.2) is 0 Å². The number of carbonyl (C=O) groups is 1. The summed E-state index contributed by atoms with van der Waals surface area (Å²) in [6, 6.07) is 9.63. The van der Waals surface area contributed by atoms with E-state index in [1.165, 1.54) is 12.0 Å². The van der Waals surface area contributed by atoms with E-state index < -0.39 is 6.09 Å². The topological polar surface area (TPSA) is 29.5 Å². The Balaban J connectivity index is 2.68. The third kappa shape index (κ3) is 3.35. The van der Waals surface area contributed by atoms with Gasteiger partial charge in [-0.15, -0.1) is 6.42 Å². The van der Waals surface area contributed by atoms with Crippen molar-refractivity contribution in [3.63, 3.8) is 0 Å². The van der Waals surface area contributed by atoms with Crippen LogP contribution in [0.3, 0.4) is 0 Å². The second-order valence-corrected chi connectivity index (χ2v) is 3.02. The second kappa shape index (κ2) is 5.71. The van der Waals surface area contributed by atoms with Crippen molar-refractivity contribution >= 4 is 6.09 Å². The zero-order valence-corrected chi connectivity index (χ0v) is 8.64. The Hall–Kier alpha value is -1.95. The van der Waals surface area contributed by atoms with Crippen molar-refractivity contribution in [3.8, 4) is 12.3 Å². The molecule has 0 aliphatic heterocycles. The van der Waals surface area contributed by atoms with Crippen molar-refractivity contribution in [2.24, 2.45) is 0 Å². The number of hydrogen-bond acceptors (Lipinski definition) is 2. The van der Waals surface area contributed by atoms with Crippen molar-refractivity contribution in [2.45, 2.75) is 6.54 Å². The summed E-state index contributed by atoms with van der Waals surface area (Å²) in [5.74, 6) is 2.43. The van der Waals surface area contributed by atoms with E-state index in [0.717, 1.165) is 5.56 Å². The van der Waals surface area contributed by atoms with E-state index >= 15 is 0 Å². The molecule has 0 bridgehead atoms. The molecule has 3 heteroatoms. The minimum atomic E-state index is -0.406. The Morgan fingerprint density at radius 3 is 2.67 bits per heavy atom. The Bertz CT molecular complexity index is 354. The summed E-state index contributed by atoms with van der Waals surface area (Å²) in [5.41, 5.74) is 1.03. The summed E-state index contributed by atoms with van der Waals surface area (Å²) in [6.45, 7) is 0.722. The molecule has 0 N–H and O–H groups in total. The molecule has 78 valence electrons. The molecule has 1 aromatic rings. The lowest BCUT2D eigenvalue weighted by atomic mass is 10.2. The second-order valence-electron chi connectivity index (χ2n) is 3.02. The average molecular weight is 203 g/mol. The number of methoxy groups -OCH3 is 1. The molecule has 0 aliphatic carbocycles. The van der Waals surface area contributed by atoms with Crippen LogP contribution < -0.4 is 0 Å². The Morgan fingerprint density at radius 1 is 1.47 bits per heavy atom. The summed E-state index contributed by atoms with van der Waals surface area (Å²) >= 11 is 0. The van der Waals surface area contributed by atoms with E-state index in [1.54, 1.807) is 0 Å². The number of amides is 1. The highest BCUT2D eigenvalue weighted by molar-refractivity contribution is 5.67. The van der Waals surface area contributed by atoms with Gasteiger partial charge in [0.2, 0.25) is 0 Å². The quantitative estimate of drug-likeness (QED) is 0.702. The van der Waals surface area contributed by atoms with Gasteiger partial charge in [0.1, 0.15) is 0 Å². The SMILES string of the molecule is C#CCN(Cc1ccccc1)C(=O)OC. The van der Waals surface area contributed by atoms with Gasteiger partial charge < -0.3 is 4.74 Å². The normalized spacial score (nSPS) is 9.07.